The summed E-state index contributed by atoms with van der Waals surface area (Å²) < 4.78 is 0. The van der Waals surface area contributed by atoms with E-state index in [-0.39, 0.29) is 0 Å². The second-order valence-corrected chi connectivity index (χ2v) is 4.14. The maximum atomic E-state index is 4.35. The van der Waals surface area contributed by atoms with E-state index >= 15 is 0 Å². The summed E-state index contributed by atoms with van der Waals surface area (Å²) in [6, 6.07) is 6.31. The Morgan fingerprint density at radius 1 is 1.22 bits per heavy atom. The fraction of sp³-hybridized carbons (Fsp3) is 0.357. The van der Waals surface area contributed by atoms with Crippen LogP contribution in [0.2, 0.25) is 0 Å². The van der Waals surface area contributed by atoms with Gasteiger partial charge >= 0.3 is 0 Å². The molecule has 2 aromatic heterocycles. The highest BCUT2D eigenvalue weighted by atomic mass is 14.9. The molecule has 2 aromatic rings. The number of nitrogens with zero attached hydrogens (tertiary/aromatic N) is 3. The molecule has 0 fully saturated rings. The number of aromatic nitrogens is 3. The van der Waals surface area contributed by atoms with Crippen molar-refractivity contribution in [2.75, 3.05) is 6.54 Å². The van der Waals surface area contributed by atoms with Gasteiger partial charge < -0.3 is 5.32 Å². The molecule has 0 radical (unpaired) electrons. The summed E-state index contributed by atoms with van der Waals surface area (Å²) in [6.07, 6.45) is 9.09. The number of nitrogens with one attached hydrogen (secondary N) is 1. The van der Waals surface area contributed by atoms with Gasteiger partial charge in [0.05, 0.1) is 0 Å². The Hall–Kier alpha value is -1.81. The molecule has 1 unspecified atom stereocenters. The summed E-state index contributed by atoms with van der Waals surface area (Å²) in [7, 11) is 0. The first-order valence-electron chi connectivity index (χ1n) is 6.28. The van der Waals surface area contributed by atoms with Crippen molar-refractivity contribution in [1.29, 1.82) is 0 Å². The zero-order chi connectivity index (χ0) is 12.6. The lowest BCUT2D eigenvalue weighted by Gasteiger charge is -2.17. The minimum atomic E-state index is 0.290. The normalized spacial score (nSPS) is 12.3. The lowest BCUT2D eigenvalue weighted by molar-refractivity contribution is 0.510. The van der Waals surface area contributed by atoms with Gasteiger partial charge in [0.25, 0.3) is 0 Å². The van der Waals surface area contributed by atoms with E-state index in [0.29, 0.717) is 6.04 Å². The molecular formula is C14H18N4. The molecule has 0 aliphatic rings. The molecule has 0 aliphatic carbocycles. The van der Waals surface area contributed by atoms with Crippen LogP contribution >= 0.6 is 0 Å². The Bertz CT molecular complexity index is 444. The summed E-state index contributed by atoms with van der Waals surface area (Å²) in [5.41, 5.74) is 2.26. The van der Waals surface area contributed by atoms with Gasteiger partial charge in [-0.1, -0.05) is 13.0 Å². The van der Waals surface area contributed by atoms with Gasteiger partial charge in [0, 0.05) is 35.9 Å². The summed E-state index contributed by atoms with van der Waals surface area (Å²) in [6.45, 7) is 3.04. The zero-order valence-electron chi connectivity index (χ0n) is 10.6. The Balaban J connectivity index is 1.99. The van der Waals surface area contributed by atoms with Crippen molar-refractivity contribution in [2.24, 2.45) is 0 Å². The van der Waals surface area contributed by atoms with Gasteiger partial charge in [-0.25, -0.2) is 9.97 Å². The number of hydrogen-bond acceptors (Lipinski definition) is 4. The van der Waals surface area contributed by atoms with Crippen LogP contribution in [0.5, 0.6) is 0 Å². The number of pyridine rings is 1. The van der Waals surface area contributed by atoms with Crippen molar-refractivity contribution in [3.05, 3.63) is 54.4 Å². The van der Waals surface area contributed by atoms with E-state index < -0.39 is 0 Å². The van der Waals surface area contributed by atoms with Crippen LogP contribution in [-0.4, -0.2) is 21.5 Å². The predicted molar refractivity (Wildman–Crippen MR) is 71.0 cm³/mol. The summed E-state index contributed by atoms with van der Waals surface area (Å²) >= 11 is 0. The second-order valence-electron chi connectivity index (χ2n) is 4.14. The molecule has 0 bridgehead atoms. The lowest BCUT2D eigenvalue weighted by Crippen LogP contribution is -2.21. The molecule has 0 saturated heterocycles. The Labute approximate surface area is 108 Å². The fourth-order valence-corrected chi connectivity index (χ4v) is 1.96. The van der Waals surface area contributed by atoms with Crippen LogP contribution in [-0.2, 0) is 6.42 Å². The third-order valence-electron chi connectivity index (χ3n) is 2.85. The highest BCUT2D eigenvalue weighted by Crippen LogP contribution is 2.16. The van der Waals surface area contributed by atoms with Crippen molar-refractivity contribution >= 4 is 0 Å². The van der Waals surface area contributed by atoms with Gasteiger partial charge in [0.1, 0.15) is 6.33 Å². The molecule has 1 N–H and O–H groups in total. The predicted octanol–water partition coefficient (Wildman–Crippen LogP) is 2.16. The molecule has 94 valence electrons. The van der Waals surface area contributed by atoms with Gasteiger partial charge in [-0.3, -0.25) is 4.98 Å². The van der Waals surface area contributed by atoms with Crippen molar-refractivity contribution in [1.82, 2.24) is 20.3 Å². The van der Waals surface area contributed by atoms with Crippen LogP contribution in [0.1, 0.15) is 30.6 Å². The maximum absolute atomic E-state index is 4.35. The smallest absolute Gasteiger partial charge is 0.115 e. The summed E-state index contributed by atoms with van der Waals surface area (Å²) in [5.74, 6) is 0. The van der Waals surface area contributed by atoms with Gasteiger partial charge in [-0.05, 0) is 31.5 Å². The molecule has 2 rings (SSSR count). The molecular weight excluding hydrogens is 224 g/mol. The molecule has 0 spiro atoms. The quantitative estimate of drug-likeness (QED) is 0.843. The van der Waals surface area contributed by atoms with Crippen molar-refractivity contribution in [3.8, 4) is 0 Å². The molecule has 1 atom stereocenters. The molecule has 0 aliphatic heterocycles. The van der Waals surface area contributed by atoms with Crippen LogP contribution in [0, 0.1) is 0 Å². The summed E-state index contributed by atoms with van der Waals surface area (Å²) in [5, 5.41) is 3.46. The van der Waals surface area contributed by atoms with E-state index in [4.69, 9.17) is 0 Å². The lowest BCUT2D eigenvalue weighted by atomic mass is 10.0. The minimum absolute atomic E-state index is 0.290. The standard InChI is InChI=1S/C14H18N4/c1-2-17-14(12-9-15-11-16-10-12)7-6-13-5-3-4-8-18-13/h3-5,8-11,14,17H,2,6-7H2,1H3. The summed E-state index contributed by atoms with van der Waals surface area (Å²) in [4.78, 5) is 12.5. The molecule has 0 aromatic carbocycles. The van der Waals surface area contributed by atoms with E-state index in [0.717, 1.165) is 30.6 Å². The molecule has 4 nitrogen and oxygen atoms in total. The Morgan fingerprint density at radius 2 is 2.06 bits per heavy atom. The first-order chi connectivity index (χ1) is 8.90. The van der Waals surface area contributed by atoms with E-state index in [9.17, 15) is 0 Å². The average molecular weight is 242 g/mol. The van der Waals surface area contributed by atoms with Crippen molar-refractivity contribution in [3.63, 3.8) is 0 Å². The maximum Gasteiger partial charge on any atom is 0.115 e. The Kier molecular flexibility index (Phi) is 4.78. The largest absolute Gasteiger partial charge is 0.310 e. The first-order valence-corrected chi connectivity index (χ1v) is 6.28. The SMILES string of the molecule is CCNC(CCc1ccccn1)c1cncnc1. The van der Waals surface area contributed by atoms with E-state index in [2.05, 4.69) is 33.3 Å². The van der Waals surface area contributed by atoms with Crippen molar-refractivity contribution < 1.29 is 0 Å². The second kappa shape index (κ2) is 6.81. The Morgan fingerprint density at radius 3 is 2.72 bits per heavy atom. The molecule has 2 heterocycles. The van der Waals surface area contributed by atoms with E-state index in [1.165, 1.54) is 0 Å². The van der Waals surface area contributed by atoms with Gasteiger partial charge in [0.15, 0.2) is 0 Å². The number of hydrogen-bond donors (Lipinski definition) is 1. The highest BCUT2D eigenvalue weighted by molar-refractivity contribution is 5.11. The minimum Gasteiger partial charge on any atom is -0.310 e. The fourth-order valence-electron chi connectivity index (χ4n) is 1.96. The van der Waals surface area contributed by atoms with Gasteiger partial charge in [-0.2, -0.15) is 0 Å². The average Bonchev–Trinajstić information content (AvgIpc) is 2.45. The molecule has 0 saturated carbocycles. The number of aryl methyl sites for hydroxylation is 1. The molecule has 18 heavy (non-hydrogen) atoms. The van der Waals surface area contributed by atoms with Gasteiger partial charge in [0.2, 0.25) is 0 Å². The third-order valence-corrected chi connectivity index (χ3v) is 2.85. The molecule has 0 amide bonds. The first kappa shape index (κ1) is 12.6. The third kappa shape index (κ3) is 3.60. The van der Waals surface area contributed by atoms with Crippen LogP contribution in [0.15, 0.2) is 43.1 Å². The van der Waals surface area contributed by atoms with Gasteiger partial charge in [-0.15, -0.1) is 0 Å². The van der Waals surface area contributed by atoms with E-state index in [1.54, 1.807) is 6.33 Å². The zero-order valence-corrected chi connectivity index (χ0v) is 10.6. The van der Waals surface area contributed by atoms with Crippen LogP contribution in [0.4, 0.5) is 0 Å². The van der Waals surface area contributed by atoms with Crippen molar-refractivity contribution in [2.45, 2.75) is 25.8 Å². The van der Waals surface area contributed by atoms with Crippen LogP contribution in [0.25, 0.3) is 0 Å². The van der Waals surface area contributed by atoms with E-state index in [1.807, 2.05) is 30.7 Å². The highest BCUT2D eigenvalue weighted by Gasteiger charge is 2.10. The molecule has 4 heteroatoms. The monoisotopic (exact) mass is 242 g/mol. The number of rotatable bonds is 6. The van der Waals surface area contributed by atoms with Crippen LogP contribution in [0.3, 0.4) is 0 Å². The van der Waals surface area contributed by atoms with Crippen LogP contribution < -0.4 is 5.32 Å². The topological polar surface area (TPSA) is 50.7 Å².